The van der Waals surface area contributed by atoms with E-state index in [1.54, 1.807) is 26.0 Å². The number of anilines is 1. The summed E-state index contributed by atoms with van der Waals surface area (Å²) in [5, 5.41) is 2.60. The van der Waals surface area contributed by atoms with E-state index in [2.05, 4.69) is 4.98 Å². The van der Waals surface area contributed by atoms with E-state index in [-0.39, 0.29) is 12.0 Å². The van der Waals surface area contributed by atoms with Gasteiger partial charge in [-0.25, -0.2) is 4.98 Å². The number of hydrogen-bond acceptors (Lipinski definition) is 6. The molecule has 0 spiro atoms. The maximum atomic E-state index is 12.1. The molecule has 0 aliphatic carbocycles. The fourth-order valence-corrected chi connectivity index (χ4v) is 3.74. The Morgan fingerprint density at radius 3 is 2.88 bits per heavy atom. The first-order valence-corrected chi connectivity index (χ1v) is 9.08. The van der Waals surface area contributed by atoms with Gasteiger partial charge in [0, 0.05) is 24.5 Å². The third-order valence-electron chi connectivity index (χ3n) is 4.20. The highest BCUT2D eigenvalue weighted by atomic mass is 32.1. The third kappa shape index (κ3) is 3.93. The van der Waals surface area contributed by atoms with Crippen LogP contribution in [-0.4, -0.2) is 44.4 Å². The average Bonchev–Trinajstić information content (AvgIpc) is 3.30. The van der Waals surface area contributed by atoms with Gasteiger partial charge < -0.3 is 14.2 Å². The standard InChI is InChI=1S/C18H22N2O4S/c1-12(21)20(10-14-5-4-8-24-14)18-19-16(11-25-18)15-9-13(22-2)6-7-17(15)23-3/h6-7,9,11,14H,4-5,8,10H2,1-3H3/t14-/m0/s1. The molecule has 134 valence electrons. The fraction of sp³-hybridized carbons (Fsp3) is 0.444. The Labute approximate surface area is 151 Å². The van der Waals surface area contributed by atoms with Gasteiger partial charge in [-0.1, -0.05) is 0 Å². The maximum Gasteiger partial charge on any atom is 0.225 e. The summed E-state index contributed by atoms with van der Waals surface area (Å²) in [4.78, 5) is 18.4. The molecule has 2 heterocycles. The number of carbonyl (C=O) groups excluding carboxylic acids is 1. The SMILES string of the molecule is COc1ccc(OC)c(-c2csc(N(C[C@@H]3CCCO3)C(C)=O)n2)c1. The molecule has 1 aromatic heterocycles. The van der Waals surface area contributed by atoms with Crippen LogP contribution in [0, 0.1) is 0 Å². The molecule has 0 N–H and O–H groups in total. The number of aromatic nitrogens is 1. The number of amides is 1. The molecule has 0 unspecified atom stereocenters. The summed E-state index contributed by atoms with van der Waals surface area (Å²) >= 11 is 1.44. The highest BCUT2D eigenvalue weighted by Gasteiger charge is 2.24. The summed E-state index contributed by atoms with van der Waals surface area (Å²) in [7, 11) is 3.25. The Morgan fingerprint density at radius 2 is 2.24 bits per heavy atom. The normalized spacial score (nSPS) is 16.7. The van der Waals surface area contributed by atoms with Gasteiger partial charge in [0.2, 0.25) is 5.91 Å². The van der Waals surface area contributed by atoms with Crippen molar-refractivity contribution in [1.29, 1.82) is 0 Å². The molecule has 7 heteroatoms. The first-order valence-electron chi connectivity index (χ1n) is 8.20. The molecule has 1 aromatic carbocycles. The molecule has 1 atom stereocenters. The van der Waals surface area contributed by atoms with Gasteiger partial charge in [-0.2, -0.15) is 0 Å². The molecule has 6 nitrogen and oxygen atoms in total. The van der Waals surface area contributed by atoms with Gasteiger partial charge in [0.25, 0.3) is 0 Å². The molecule has 1 fully saturated rings. The van der Waals surface area contributed by atoms with E-state index in [1.807, 2.05) is 23.6 Å². The number of nitrogens with zero attached hydrogens (tertiary/aromatic N) is 2. The zero-order valence-electron chi connectivity index (χ0n) is 14.7. The van der Waals surface area contributed by atoms with Gasteiger partial charge in [-0.05, 0) is 31.0 Å². The van der Waals surface area contributed by atoms with Crippen molar-refractivity contribution in [2.75, 3.05) is 32.3 Å². The molecule has 0 bridgehead atoms. The minimum atomic E-state index is -0.0333. The van der Waals surface area contributed by atoms with Crippen LogP contribution in [0.5, 0.6) is 11.5 Å². The summed E-state index contributed by atoms with van der Waals surface area (Å²) < 4.78 is 16.4. The number of rotatable bonds is 6. The van der Waals surface area contributed by atoms with Gasteiger partial charge in [0.05, 0.1) is 32.6 Å². The Kier molecular flexibility index (Phi) is 5.55. The molecule has 1 aliphatic rings. The number of thiazole rings is 1. The second-order valence-corrected chi connectivity index (χ2v) is 6.68. The number of carbonyl (C=O) groups is 1. The lowest BCUT2D eigenvalue weighted by atomic mass is 10.1. The molecule has 1 amide bonds. The Morgan fingerprint density at radius 1 is 1.40 bits per heavy atom. The second-order valence-electron chi connectivity index (χ2n) is 5.85. The number of ether oxygens (including phenoxy) is 3. The smallest absolute Gasteiger partial charge is 0.225 e. The minimum Gasteiger partial charge on any atom is -0.497 e. The first-order chi connectivity index (χ1) is 12.1. The van der Waals surface area contributed by atoms with Gasteiger partial charge >= 0.3 is 0 Å². The van der Waals surface area contributed by atoms with E-state index < -0.39 is 0 Å². The largest absolute Gasteiger partial charge is 0.497 e. The van der Waals surface area contributed by atoms with Crippen LogP contribution in [-0.2, 0) is 9.53 Å². The lowest BCUT2D eigenvalue weighted by molar-refractivity contribution is -0.116. The van der Waals surface area contributed by atoms with Gasteiger partial charge in [0.1, 0.15) is 11.5 Å². The molecular formula is C18H22N2O4S. The van der Waals surface area contributed by atoms with E-state index in [1.165, 1.54) is 11.3 Å². The van der Waals surface area contributed by atoms with Crippen molar-refractivity contribution in [1.82, 2.24) is 4.98 Å². The van der Waals surface area contributed by atoms with E-state index in [9.17, 15) is 4.79 Å². The topological polar surface area (TPSA) is 60.9 Å². The molecular weight excluding hydrogens is 340 g/mol. The van der Waals surface area contributed by atoms with Crippen LogP contribution in [0.4, 0.5) is 5.13 Å². The predicted octanol–water partition coefficient (Wildman–Crippen LogP) is 3.36. The quantitative estimate of drug-likeness (QED) is 0.789. The molecule has 25 heavy (non-hydrogen) atoms. The first kappa shape index (κ1) is 17.7. The van der Waals surface area contributed by atoms with Gasteiger partial charge in [-0.3, -0.25) is 9.69 Å². The van der Waals surface area contributed by atoms with Crippen LogP contribution in [0.1, 0.15) is 19.8 Å². The number of hydrogen-bond donors (Lipinski definition) is 0. The number of benzene rings is 1. The zero-order chi connectivity index (χ0) is 17.8. The summed E-state index contributed by atoms with van der Waals surface area (Å²) in [5.41, 5.74) is 1.60. The minimum absolute atomic E-state index is 0.0333. The van der Waals surface area contributed by atoms with Crippen LogP contribution < -0.4 is 14.4 Å². The summed E-state index contributed by atoms with van der Waals surface area (Å²) in [5.74, 6) is 1.41. The average molecular weight is 362 g/mol. The van der Waals surface area contributed by atoms with E-state index in [0.717, 1.165) is 36.5 Å². The lowest BCUT2D eigenvalue weighted by Crippen LogP contribution is -2.35. The third-order valence-corrected chi connectivity index (χ3v) is 5.06. The van der Waals surface area contributed by atoms with Crippen LogP contribution in [0.3, 0.4) is 0 Å². The lowest BCUT2D eigenvalue weighted by Gasteiger charge is -2.21. The van der Waals surface area contributed by atoms with E-state index in [4.69, 9.17) is 14.2 Å². The highest BCUT2D eigenvalue weighted by Crippen LogP contribution is 2.36. The van der Waals surface area contributed by atoms with Crippen molar-refractivity contribution < 1.29 is 19.0 Å². The van der Waals surface area contributed by atoms with Crippen molar-refractivity contribution in [2.24, 2.45) is 0 Å². The van der Waals surface area contributed by atoms with Gasteiger partial charge in [-0.15, -0.1) is 11.3 Å². The Bertz CT molecular complexity index is 740. The molecule has 2 aromatic rings. The Hall–Kier alpha value is -2.12. The summed E-state index contributed by atoms with van der Waals surface area (Å²) in [6.45, 7) is 2.86. The van der Waals surface area contributed by atoms with Crippen molar-refractivity contribution in [3.05, 3.63) is 23.6 Å². The Balaban J connectivity index is 1.88. The maximum absolute atomic E-state index is 12.1. The van der Waals surface area contributed by atoms with Crippen molar-refractivity contribution in [2.45, 2.75) is 25.9 Å². The molecule has 3 rings (SSSR count). The summed E-state index contributed by atoms with van der Waals surface area (Å²) in [6, 6.07) is 5.58. The van der Waals surface area contributed by atoms with Gasteiger partial charge in [0.15, 0.2) is 5.13 Å². The second kappa shape index (κ2) is 7.84. The predicted molar refractivity (Wildman–Crippen MR) is 97.7 cm³/mol. The molecule has 1 aliphatic heterocycles. The van der Waals surface area contributed by atoms with Crippen molar-refractivity contribution >= 4 is 22.4 Å². The molecule has 0 radical (unpaired) electrons. The van der Waals surface area contributed by atoms with Crippen LogP contribution in [0.2, 0.25) is 0 Å². The monoisotopic (exact) mass is 362 g/mol. The van der Waals surface area contributed by atoms with Crippen LogP contribution in [0.25, 0.3) is 11.3 Å². The molecule has 1 saturated heterocycles. The summed E-state index contributed by atoms with van der Waals surface area (Å²) in [6.07, 6.45) is 2.11. The molecule has 0 saturated carbocycles. The van der Waals surface area contributed by atoms with Crippen LogP contribution >= 0.6 is 11.3 Å². The number of methoxy groups -OCH3 is 2. The fourth-order valence-electron chi connectivity index (χ4n) is 2.86. The van der Waals surface area contributed by atoms with Crippen LogP contribution in [0.15, 0.2) is 23.6 Å². The van der Waals surface area contributed by atoms with E-state index >= 15 is 0 Å². The highest BCUT2D eigenvalue weighted by molar-refractivity contribution is 7.14. The van der Waals surface area contributed by atoms with Crippen molar-refractivity contribution in [3.8, 4) is 22.8 Å². The van der Waals surface area contributed by atoms with Crippen molar-refractivity contribution in [3.63, 3.8) is 0 Å². The van der Waals surface area contributed by atoms with E-state index in [0.29, 0.717) is 17.4 Å². The zero-order valence-corrected chi connectivity index (χ0v) is 15.5.